The number of carbonyl (C=O) groups is 3. The van der Waals surface area contributed by atoms with Crippen LogP contribution in [0.15, 0.2) is 71.8 Å². The zero-order valence-electron chi connectivity index (χ0n) is 18.4. The summed E-state index contributed by atoms with van der Waals surface area (Å²) in [6.07, 6.45) is 1.29. The van der Waals surface area contributed by atoms with Gasteiger partial charge in [0.1, 0.15) is 11.5 Å². The average Bonchev–Trinajstić information content (AvgIpc) is 2.81. The molecule has 0 fully saturated rings. The number of hydrazone groups is 1. The van der Waals surface area contributed by atoms with Gasteiger partial charge in [-0.3, -0.25) is 9.59 Å². The number of carbonyl (C=O) groups excluding carboxylic acids is 3. The molecule has 0 atom stereocenters. The SMILES string of the molecule is COc1cccc(C(=O)Oc2ccccc2/C=N/NC(=O)C(=O)Nc2ccc(C)cc2C)c1. The lowest BCUT2D eigenvalue weighted by Gasteiger charge is -2.09. The van der Waals surface area contributed by atoms with Crippen LogP contribution in [0.3, 0.4) is 0 Å². The minimum atomic E-state index is -0.933. The van der Waals surface area contributed by atoms with E-state index in [1.165, 1.54) is 13.3 Å². The van der Waals surface area contributed by atoms with Crippen molar-refractivity contribution in [3.05, 3.63) is 89.0 Å². The topological polar surface area (TPSA) is 106 Å². The van der Waals surface area contributed by atoms with E-state index >= 15 is 0 Å². The van der Waals surface area contributed by atoms with Gasteiger partial charge >= 0.3 is 17.8 Å². The highest BCUT2D eigenvalue weighted by molar-refractivity contribution is 6.39. The zero-order valence-corrected chi connectivity index (χ0v) is 18.4. The van der Waals surface area contributed by atoms with Crippen molar-refractivity contribution in [1.29, 1.82) is 0 Å². The highest BCUT2D eigenvalue weighted by atomic mass is 16.5. The van der Waals surface area contributed by atoms with Gasteiger partial charge in [0.2, 0.25) is 0 Å². The summed E-state index contributed by atoms with van der Waals surface area (Å²) in [6.45, 7) is 3.77. The van der Waals surface area contributed by atoms with Gasteiger partial charge in [0.25, 0.3) is 0 Å². The lowest BCUT2D eigenvalue weighted by atomic mass is 10.1. The predicted octanol–water partition coefficient (Wildman–Crippen LogP) is 3.62. The molecule has 0 unspecified atom stereocenters. The van der Waals surface area contributed by atoms with Crippen molar-refractivity contribution in [3.8, 4) is 11.5 Å². The van der Waals surface area contributed by atoms with Gasteiger partial charge < -0.3 is 14.8 Å². The molecule has 3 aromatic carbocycles. The normalized spacial score (nSPS) is 10.5. The first-order chi connectivity index (χ1) is 15.9. The number of para-hydroxylation sites is 1. The molecule has 0 radical (unpaired) electrons. The maximum absolute atomic E-state index is 12.5. The number of nitrogens with zero attached hydrogens (tertiary/aromatic N) is 1. The number of rotatable bonds is 6. The Morgan fingerprint density at radius 2 is 1.70 bits per heavy atom. The molecule has 0 aliphatic carbocycles. The summed E-state index contributed by atoms with van der Waals surface area (Å²) in [5, 5.41) is 6.36. The molecule has 3 aromatic rings. The van der Waals surface area contributed by atoms with Crippen LogP contribution in [0, 0.1) is 13.8 Å². The molecule has 8 heteroatoms. The van der Waals surface area contributed by atoms with Gasteiger partial charge in [-0.15, -0.1) is 0 Å². The molecule has 0 heterocycles. The van der Waals surface area contributed by atoms with E-state index in [4.69, 9.17) is 9.47 Å². The van der Waals surface area contributed by atoms with Crippen molar-refractivity contribution in [2.45, 2.75) is 13.8 Å². The smallest absolute Gasteiger partial charge is 0.343 e. The third-order valence-electron chi connectivity index (χ3n) is 4.63. The fraction of sp³-hybridized carbons (Fsp3) is 0.120. The van der Waals surface area contributed by atoms with E-state index in [-0.39, 0.29) is 5.75 Å². The fourth-order valence-corrected chi connectivity index (χ4v) is 2.93. The molecule has 3 rings (SSSR count). The monoisotopic (exact) mass is 445 g/mol. The molecule has 0 aliphatic rings. The average molecular weight is 445 g/mol. The Hall–Kier alpha value is -4.46. The van der Waals surface area contributed by atoms with E-state index in [0.717, 1.165) is 11.1 Å². The van der Waals surface area contributed by atoms with Gasteiger partial charge in [-0.1, -0.05) is 35.9 Å². The van der Waals surface area contributed by atoms with Crippen LogP contribution in [-0.4, -0.2) is 31.1 Å². The molecule has 0 aromatic heterocycles. The summed E-state index contributed by atoms with van der Waals surface area (Å²) < 4.78 is 10.6. The molecule has 33 heavy (non-hydrogen) atoms. The van der Waals surface area contributed by atoms with Crippen molar-refractivity contribution in [3.63, 3.8) is 0 Å². The Balaban J connectivity index is 1.63. The number of hydrogen-bond acceptors (Lipinski definition) is 6. The third kappa shape index (κ3) is 6.27. The number of benzene rings is 3. The van der Waals surface area contributed by atoms with Crippen LogP contribution in [0.25, 0.3) is 0 Å². The number of hydrogen-bond donors (Lipinski definition) is 2. The third-order valence-corrected chi connectivity index (χ3v) is 4.63. The quantitative estimate of drug-likeness (QED) is 0.198. The molecule has 0 saturated carbocycles. The van der Waals surface area contributed by atoms with Crippen LogP contribution < -0.4 is 20.2 Å². The molecule has 168 valence electrons. The van der Waals surface area contributed by atoms with Crippen LogP contribution in [0.4, 0.5) is 5.69 Å². The highest BCUT2D eigenvalue weighted by Gasteiger charge is 2.15. The van der Waals surface area contributed by atoms with E-state index in [9.17, 15) is 14.4 Å². The second-order valence-electron chi connectivity index (χ2n) is 7.13. The Labute approximate surface area is 191 Å². The molecule has 2 N–H and O–H groups in total. The summed E-state index contributed by atoms with van der Waals surface area (Å²) in [4.78, 5) is 36.7. The van der Waals surface area contributed by atoms with E-state index in [0.29, 0.717) is 22.6 Å². The first-order valence-corrected chi connectivity index (χ1v) is 10.0. The van der Waals surface area contributed by atoms with Gasteiger partial charge in [-0.25, -0.2) is 10.2 Å². The van der Waals surface area contributed by atoms with Crippen LogP contribution in [0.5, 0.6) is 11.5 Å². The lowest BCUT2D eigenvalue weighted by Crippen LogP contribution is -2.32. The van der Waals surface area contributed by atoms with Crippen molar-refractivity contribution in [2.75, 3.05) is 12.4 Å². The van der Waals surface area contributed by atoms with Gasteiger partial charge in [0, 0.05) is 11.3 Å². The van der Waals surface area contributed by atoms with E-state index in [1.54, 1.807) is 54.6 Å². The summed E-state index contributed by atoms with van der Waals surface area (Å²) in [6, 6.07) is 18.7. The fourth-order valence-electron chi connectivity index (χ4n) is 2.93. The molecule has 0 saturated heterocycles. The van der Waals surface area contributed by atoms with Gasteiger partial charge in [0.05, 0.1) is 18.9 Å². The van der Waals surface area contributed by atoms with E-state index in [1.807, 2.05) is 26.0 Å². The van der Waals surface area contributed by atoms with Gasteiger partial charge in [-0.2, -0.15) is 5.10 Å². The number of nitrogens with one attached hydrogen (secondary N) is 2. The van der Waals surface area contributed by atoms with Crippen molar-refractivity contribution < 1.29 is 23.9 Å². The molecule has 8 nitrogen and oxygen atoms in total. The summed E-state index contributed by atoms with van der Waals surface area (Å²) in [7, 11) is 1.51. The first-order valence-electron chi connectivity index (χ1n) is 10.0. The summed E-state index contributed by atoms with van der Waals surface area (Å²) in [5.41, 5.74) is 5.35. The number of ether oxygens (including phenoxy) is 2. The molecular formula is C25H23N3O5. The second kappa shape index (κ2) is 10.7. The number of amides is 2. The van der Waals surface area contributed by atoms with Crippen LogP contribution in [0.2, 0.25) is 0 Å². The van der Waals surface area contributed by atoms with Gasteiger partial charge in [-0.05, 0) is 55.8 Å². The van der Waals surface area contributed by atoms with Crippen LogP contribution >= 0.6 is 0 Å². The number of anilines is 1. The standard InChI is InChI=1S/C25H23N3O5/c1-16-11-12-21(17(2)13-16)27-23(29)24(30)28-26-15-19-7-4-5-10-22(19)33-25(31)18-8-6-9-20(14-18)32-3/h4-15H,1-3H3,(H,27,29)(H,28,30)/b26-15+. The van der Waals surface area contributed by atoms with Gasteiger partial charge in [0.15, 0.2) is 0 Å². The van der Waals surface area contributed by atoms with Crippen LogP contribution in [0.1, 0.15) is 27.0 Å². The molecule has 0 bridgehead atoms. The first kappa shape index (κ1) is 23.2. The minimum Gasteiger partial charge on any atom is -0.497 e. The molecular weight excluding hydrogens is 422 g/mol. The zero-order chi connectivity index (χ0) is 23.8. The summed E-state index contributed by atoms with van der Waals surface area (Å²) >= 11 is 0. The van der Waals surface area contributed by atoms with Crippen molar-refractivity contribution in [1.82, 2.24) is 5.43 Å². The van der Waals surface area contributed by atoms with Crippen molar-refractivity contribution >= 4 is 29.7 Å². The van der Waals surface area contributed by atoms with E-state index < -0.39 is 17.8 Å². The lowest BCUT2D eigenvalue weighted by molar-refractivity contribution is -0.136. The largest absolute Gasteiger partial charge is 0.497 e. The highest BCUT2D eigenvalue weighted by Crippen LogP contribution is 2.20. The number of aryl methyl sites for hydroxylation is 2. The maximum Gasteiger partial charge on any atom is 0.343 e. The number of esters is 1. The minimum absolute atomic E-state index is 0.239. The maximum atomic E-state index is 12.5. The Morgan fingerprint density at radius 1 is 0.909 bits per heavy atom. The molecule has 0 spiro atoms. The Kier molecular flexibility index (Phi) is 7.54. The Morgan fingerprint density at radius 3 is 2.45 bits per heavy atom. The van der Waals surface area contributed by atoms with E-state index in [2.05, 4.69) is 15.8 Å². The Bertz CT molecular complexity index is 1220. The molecule has 2 amide bonds. The number of methoxy groups -OCH3 is 1. The second-order valence-corrected chi connectivity index (χ2v) is 7.13. The van der Waals surface area contributed by atoms with Crippen molar-refractivity contribution in [2.24, 2.45) is 5.10 Å². The summed E-state index contributed by atoms with van der Waals surface area (Å²) in [5.74, 6) is -1.59. The predicted molar refractivity (Wildman–Crippen MR) is 125 cm³/mol. The van der Waals surface area contributed by atoms with Crippen LogP contribution in [-0.2, 0) is 9.59 Å². The molecule has 0 aliphatic heterocycles.